The Morgan fingerprint density at radius 3 is 2.36 bits per heavy atom. The van der Waals surface area contributed by atoms with Gasteiger partial charge in [-0.1, -0.05) is 6.58 Å². The number of amides is 1. The molecular formula is C32H44F3N7O3. The van der Waals surface area contributed by atoms with Gasteiger partial charge in [0.15, 0.2) is 0 Å². The van der Waals surface area contributed by atoms with E-state index in [0.717, 1.165) is 11.1 Å². The van der Waals surface area contributed by atoms with Crippen molar-refractivity contribution in [3.05, 3.63) is 53.6 Å². The molecule has 3 aliphatic heterocycles. The zero-order chi connectivity index (χ0) is 32.7. The summed E-state index contributed by atoms with van der Waals surface area (Å²) in [6.45, 7) is 14.8. The average molecular weight is 632 g/mol. The van der Waals surface area contributed by atoms with E-state index < -0.39 is 17.6 Å². The highest BCUT2D eigenvalue weighted by Crippen LogP contribution is 2.41. The topological polar surface area (TPSA) is 98.2 Å². The predicted octanol–water partition coefficient (Wildman–Crippen LogP) is 3.73. The quantitative estimate of drug-likeness (QED) is 0.437. The third-order valence-electron chi connectivity index (χ3n) is 9.99. The number of anilines is 2. The molecule has 0 spiro atoms. The maximum Gasteiger partial charge on any atom is 0.451 e. The van der Waals surface area contributed by atoms with Crippen molar-refractivity contribution in [1.82, 2.24) is 24.8 Å². The van der Waals surface area contributed by atoms with Crippen LogP contribution in [0.15, 0.2) is 31.0 Å². The number of hydrogen-bond acceptors (Lipinski definition) is 9. The van der Waals surface area contributed by atoms with Gasteiger partial charge in [0, 0.05) is 76.8 Å². The van der Waals surface area contributed by atoms with Gasteiger partial charge in [-0.3, -0.25) is 14.7 Å². The molecule has 3 fully saturated rings. The molecule has 5 atom stereocenters. The molecule has 3 aliphatic rings. The Morgan fingerprint density at radius 2 is 1.80 bits per heavy atom. The van der Waals surface area contributed by atoms with Gasteiger partial charge in [0.25, 0.3) is 0 Å². The zero-order valence-electron chi connectivity index (χ0n) is 26.7. The Balaban J connectivity index is 1.35. The van der Waals surface area contributed by atoms with Crippen molar-refractivity contribution in [2.75, 3.05) is 62.8 Å². The number of piperazine rings is 1. The Kier molecular flexibility index (Phi) is 9.44. The van der Waals surface area contributed by atoms with Crippen LogP contribution in [0.1, 0.15) is 62.2 Å². The first-order valence-electron chi connectivity index (χ1n) is 15.6. The lowest BCUT2D eigenvalue weighted by Crippen LogP contribution is -2.68. The predicted molar refractivity (Wildman–Crippen MR) is 165 cm³/mol. The summed E-state index contributed by atoms with van der Waals surface area (Å²) in [5, 5.41) is 10.1. The Labute approximate surface area is 262 Å². The summed E-state index contributed by atoms with van der Waals surface area (Å²) in [5.41, 5.74) is 1.79. The molecule has 2 aromatic rings. The maximum atomic E-state index is 14.1. The average Bonchev–Trinajstić information content (AvgIpc) is 3.02. The second kappa shape index (κ2) is 12.8. The summed E-state index contributed by atoms with van der Waals surface area (Å²) in [5.74, 6) is -0.594. The van der Waals surface area contributed by atoms with Gasteiger partial charge in [-0.2, -0.15) is 13.2 Å². The van der Waals surface area contributed by atoms with E-state index in [0.29, 0.717) is 57.8 Å². The van der Waals surface area contributed by atoms with E-state index >= 15 is 0 Å². The fraction of sp³-hybridized carbons (Fsp3) is 0.625. The minimum absolute atomic E-state index is 0.0488. The highest BCUT2D eigenvalue weighted by atomic mass is 19.4. The van der Waals surface area contributed by atoms with Gasteiger partial charge in [-0.05, 0) is 69.7 Å². The number of aromatic nitrogens is 3. The minimum atomic E-state index is -4.69. The molecule has 45 heavy (non-hydrogen) atoms. The monoisotopic (exact) mass is 631 g/mol. The number of carbonyl (C=O) groups is 1. The molecule has 10 nitrogen and oxygen atoms in total. The molecule has 0 aliphatic carbocycles. The van der Waals surface area contributed by atoms with E-state index in [1.807, 2.05) is 43.6 Å². The number of aliphatic hydroxyl groups is 1. The van der Waals surface area contributed by atoms with Gasteiger partial charge < -0.3 is 24.5 Å². The number of aliphatic hydroxyl groups excluding tert-OH is 1. The molecule has 0 aromatic carbocycles. The molecule has 3 saturated heterocycles. The molecule has 2 aromatic heterocycles. The molecule has 1 unspecified atom stereocenters. The number of ether oxygens (including phenoxy) is 1. The molecule has 5 rings (SSSR count). The third kappa shape index (κ3) is 6.39. The van der Waals surface area contributed by atoms with Gasteiger partial charge in [-0.15, -0.1) is 0 Å². The van der Waals surface area contributed by atoms with Crippen LogP contribution in [0.2, 0.25) is 0 Å². The van der Waals surface area contributed by atoms with E-state index in [1.54, 1.807) is 24.3 Å². The SMILES string of the molecule is C=CC(=O)N1CCN([C@@H]2CN(c3cc(N4CC[C@H](c5c(C)ccnc5C(C)(CO)OC)C[C@H]4C)nc(C(F)(F)F)n3)[C@@H]2C)CC1. The number of methoxy groups -OCH3 is 1. The smallest absolute Gasteiger partial charge is 0.393 e. The zero-order valence-corrected chi connectivity index (χ0v) is 26.7. The molecule has 1 N–H and O–H groups in total. The standard InChI is InChI=1S/C32H44F3N7O3/c1-7-27(44)40-14-12-39(13-15-40)24-18-42(22(24)4)26-17-25(37-30(38-26)32(33,34)35)41-11-9-23(16-21(41)3)28-20(2)8-10-36-29(28)31(5,19-43)45-6/h7-8,10,17,21-24,43H,1,9,11-16,18-19H2,2-6H3/t21-,22-,23+,24-,31?/m1/s1. The van der Waals surface area contributed by atoms with Crippen molar-refractivity contribution in [1.29, 1.82) is 0 Å². The van der Waals surface area contributed by atoms with Crippen LogP contribution >= 0.6 is 0 Å². The molecule has 1 amide bonds. The van der Waals surface area contributed by atoms with Crippen LogP contribution < -0.4 is 9.80 Å². The lowest BCUT2D eigenvalue weighted by atomic mass is 9.80. The van der Waals surface area contributed by atoms with E-state index in [-0.39, 0.29) is 48.2 Å². The van der Waals surface area contributed by atoms with E-state index in [2.05, 4.69) is 26.4 Å². The van der Waals surface area contributed by atoms with Crippen molar-refractivity contribution in [2.45, 2.75) is 76.4 Å². The molecule has 0 bridgehead atoms. The molecule has 5 heterocycles. The fourth-order valence-electron chi connectivity index (χ4n) is 7.08. The number of rotatable bonds is 8. The van der Waals surface area contributed by atoms with E-state index in [4.69, 9.17) is 4.74 Å². The summed E-state index contributed by atoms with van der Waals surface area (Å²) in [4.78, 5) is 32.5. The van der Waals surface area contributed by atoms with Crippen LogP contribution in [-0.2, 0) is 21.3 Å². The maximum absolute atomic E-state index is 14.1. The first-order chi connectivity index (χ1) is 21.3. The highest BCUT2D eigenvalue weighted by Gasteiger charge is 2.44. The van der Waals surface area contributed by atoms with Crippen LogP contribution in [0.25, 0.3) is 0 Å². The van der Waals surface area contributed by atoms with Crippen LogP contribution in [0, 0.1) is 6.92 Å². The number of aryl methyl sites for hydroxylation is 1. The third-order valence-corrected chi connectivity index (χ3v) is 9.99. The van der Waals surface area contributed by atoms with Gasteiger partial charge >= 0.3 is 6.18 Å². The minimum Gasteiger partial charge on any atom is -0.393 e. The summed E-state index contributed by atoms with van der Waals surface area (Å²) in [6.07, 6.45) is -0.300. The highest BCUT2D eigenvalue weighted by molar-refractivity contribution is 5.87. The molecule has 0 radical (unpaired) electrons. The van der Waals surface area contributed by atoms with E-state index in [1.165, 1.54) is 6.08 Å². The first-order valence-corrected chi connectivity index (χ1v) is 15.6. The van der Waals surface area contributed by atoms with Crippen LogP contribution in [0.4, 0.5) is 24.8 Å². The van der Waals surface area contributed by atoms with Crippen LogP contribution in [0.3, 0.4) is 0 Å². The summed E-state index contributed by atoms with van der Waals surface area (Å²) < 4.78 is 48.0. The van der Waals surface area contributed by atoms with Crippen molar-refractivity contribution in [2.24, 2.45) is 0 Å². The molecule has 246 valence electrons. The Bertz CT molecular complexity index is 1390. The van der Waals surface area contributed by atoms with Crippen molar-refractivity contribution in [3.8, 4) is 0 Å². The number of halogens is 3. The summed E-state index contributed by atoms with van der Waals surface area (Å²) >= 11 is 0. The van der Waals surface area contributed by atoms with Gasteiger partial charge in [0.2, 0.25) is 11.7 Å². The summed E-state index contributed by atoms with van der Waals surface area (Å²) in [6, 6.07) is 3.62. The second-order valence-corrected chi connectivity index (χ2v) is 12.7. The number of carbonyl (C=O) groups excluding carboxylic acids is 1. The summed E-state index contributed by atoms with van der Waals surface area (Å²) in [7, 11) is 1.55. The molecule has 13 heteroatoms. The van der Waals surface area contributed by atoms with Gasteiger partial charge in [-0.25, -0.2) is 9.97 Å². The number of hydrogen-bond donors (Lipinski definition) is 1. The molecule has 0 saturated carbocycles. The number of nitrogens with zero attached hydrogens (tertiary/aromatic N) is 7. The fourth-order valence-corrected chi connectivity index (χ4v) is 7.08. The largest absolute Gasteiger partial charge is 0.451 e. The normalized spacial score (nSPS) is 25.9. The van der Waals surface area contributed by atoms with Gasteiger partial charge in [0.1, 0.15) is 17.2 Å². The Morgan fingerprint density at radius 1 is 1.13 bits per heavy atom. The number of alkyl halides is 3. The first kappa shape index (κ1) is 33.1. The van der Waals surface area contributed by atoms with Crippen LogP contribution in [-0.4, -0.2) is 107 Å². The lowest BCUT2D eigenvalue weighted by molar-refractivity contribution is -0.144. The number of piperidine rings is 1. The number of pyridine rings is 1. The second-order valence-electron chi connectivity index (χ2n) is 12.7. The van der Waals surface area contributed by atoms with Crippen molar-refractivity contribution >= 4 is 17.5 Å². The van der Waals surface area contributed by atoms with Crippen LogP contribution in [0.5, 0.6) is 0 Å². The van der Waals surface area contributed by atoms with E-state index in [9.17, 15) is 23.1 Å². The Hall–Kier alpha value is -3.29. The lowest BCUT2D eigenvalue weighted by Gasteiger charge is -2.53. The molecular weight excluding hydrogens is 587 g/mol. The van der Waals surface area contributed by atoms with Gasteiger partial charge in [0.05, 0.1) is 12.3 Å². The van der Waals surface area contributed by atoms with Crippen molar-refractivity contribution < 1.29 is 27.8 Å². The van der Waals surface area contributed by atoms with Crippen molar-refractivity contribution in [3.63, 3.8) is 0 Å².